The number of sulfonamides is 1. The van der Waals surface area contributed by atoms with Crippen molar-refractivity contribution in [3.05, 3.63) is 41.4 Å². The maximum absolute atomic E-state index is 12.7. The Labute approximate surface area is 151 Å². The molecule has 0 spiro atoms. The Morgan fingerprint density at radius 2 is 1.48 bits per heavy atom. The summed E-state index contributed by atoms with van der Waals surface area (Å²) in [6.45, 7) is 0. The molecule has 0 heterocycles. The minimum absolute atomic E-state index is 0.0621. The highest BCUT2D eigenvalue weighted by atomic mass is 35.5. The zero-order valence-corrected chi connectivity index (χ0v) is 16.0. The third-order valence-electron chi connectivity index (χ3n) is 3.26. The number of rotatable bonds is 6. The molecule has 0 aliphatic rings. The van der Waals surface area contributed by atoms with Crippen LogP contribution in [0.15, 0.2) is 46.2 Å². The summed E-state index contributed by atoms with van der Waals surface area (Å²) in [6, 6.07) is 8.05. The second kappa shape index (κ2) is 7.11. The van der Waals surface area contributed by atoms with Gasteiger partial charge in [0.2, 0.25) is 0 Å². The minimum Gasteiger partial charge on any atom is -0.495 e. The molecule has 0 bridgehead atoms. The van der Waals surface area contributed by atoms with Crippen molar-refractivity contribution in [1.29, 1.82) is 0 Å². The van der Waals surface area contributed by atoms with Crippen molar-refractivity contribution in [1.82, 2.24) is 0 Å². The molecular weight excluding hydrogens is 390 g/mol. The molecule has 0 aromatic heterocycles. The van der Waals surface area contributed by atoms with Crippen LogP contribution in [0.2, 0.25) is 5.02 Å². The monoisotopic (exact) mass is 405 g/mol. The number of halogens is 1. The number of methoxy groups -OCH3 is 2. The molecule has 0 saturated heterocycles. The van der Waals surface area contributed by atoms with E-state index in [1.54, 1.807) is 0 Å². The molecule has 1 N–H and O–H groups in total. The summed E-state index contributed by atoms with van der Waals surface area (Å²) in [6.07, 6.45) is 0.938. The molecule has 0 unspecified atom stereocenters. The predicted octanol–water partition coefficient (Wildman–Crippen LogP) is 2.56. The van der Waals surface area contributed by atoms with Crippen LogP contribution in [-0.2, 0) is 19.9 Å². The van der Waals surface area contributed by atoms with Crippen LogP contribution in [0, 0.1) is 0 Å². The highest BCUT2D eigenvalue weighted by Crippen LogP contribution is 2.37. The van der Waals surface area contributed by atoms with Gasteiger partial charge in [0.25, 0.3) is 10.0 Å². The molecule has 2 rings (SSSR count). The van der Waals surface area contributed by atoms with E-state index in [2.05, 4.69) is 4.72 Å². The van der Waals surface area contributed by atoms with Crippen molar-refractivity contribution in [2.24, 2.45) is 0 Å². The molecule has 7 nitrogen and oxygen atoms in total. The average molecular weight is 406 g/mol. The van der Waals surface area contributed by atoms with Crippen LogP contribution in [0.3, 0.4) is 0 Å². The van der Waals surface area contributed by atoms with Gasteiger partial charge in [-0.05, 0) is 12.1 Å². The van der Waals surface area contributed by atoms with Crippen molar-refractivity contribution >= 4 is 37.1 Å². The first-order valence-corrected chi connectivity index (χ1v) is 10.6. The third kappa shape index (κ3) is 4.17. The van der Waals surface area contributed by atoms with Gasteiger partial charge >= 0.3 is 0 Å². The fourth-order valence-corrected chi connectivity index (χ4v) is 5.04. The summed E-state index contributed by atoms with van der Waals surface area (Å²) in [5.41, 5.74) is 0.0621. The summed E-state index contributed by atoms with van der Waals surface area (Å²) >= 11 is 5.99. The van der Waals surface area contributed by atoms with Gasteiger partial charge in [0, 0.05) is 18.4 Å². The molecule has 0 radical (unpaired) electrons. The van der Waals surface area contributed by atoms with Crippen LogP contribution in [-0.4, -0.2) is 37.3 Å². The Bertz CT molecular complexity index is 1000. The Balaban J connectivity index is 2.58. The lowest BCUT2D eigenvalue weighted by atomic mass is 10.3. The number of anilines is 1. The van der Waals surface area contributed by atoms with Crippen molar-refractivity contribution in [2.75, 3.05) is 25.2 Å². The summed E-state index contributed by atoms with van der Waals surface area (Å²) < 4.78 is 61.7. The van der Waals surface area contributed by atoms with Gasteiger partial charge in [-0.3, -0.25) is 4.72 Å². The zero-order valence-electron chi connectivity index (χ0n) is 13.6. The lowest BCUT2D eigenvalue weighted by molar-refractivity contribution is 0.405. The van der Waals surface area contributed by atoms with E-state index in [1.165, 1.54) is 50.6 Å². The molecule has 25 heavy (non-hydrogen) atoms. The normalized spacial score (nSPS) is 11.8. The van der Waals surface area contributed by atoms with Gasteiger partial charge < -0.3 is 9.47 Å². The molecule has 0 aliphatic heterocycles. The molecule has 0 aliphatic carbocycles. The first kappa shape index (κ1) is 19.4. The van der Waals surface area contributed by atoms with Crippen molar-refractivity contribution < 1.29 is 26.3 Å². The van der Waals surface area contributed by atoms with Gasteiger partial charge in [0.1, 0.15) is 16.4 Å². The van der Waals surface area contributed by atoms with Crippen molar-refractivity contribution in [3.8, 4) is 11.5 Å². The Morgan fingerprint density at radius 1 is 0.920 bits per heavy atom. The Morgan fingerprint density at radius 3 is 2.00 bits per heavy atom. The summed E-state index contributed by atoms with van der Waals surface area (Å²) in [5.74, 6) is 0.391. The number of benzene rings is 2. The van der Waals surface area contributed by atoms with E-state index in [0.29, 0.717) is 0 Å². The first-order valence-electron chi connectivity index (χ1n) is 6.83. The van der Waals surface area contributed by atoms with Gasteiger partial charge in [-0.25, -0.2) is 16.8 Å². The number of nitrogens with one attached hydrogen (secondary N) is 1. The average Bonchev–Trinajstić information content (AvgIpc) is 2.55. The number of ether oxygens (including phenoxy) is 2. The lowest BCUT2D eigenvalue weighted by Gasteiger charge is -2.15. The van der Waals surface area contributed by atoms with Crippen LogP contribution >= 0.6 is 11.6 Å². The number of sulfone groups is 1. The predicted molar refractivity (Wildman–Crippen MR) is 94.9 cm³/mol. The van der Waals surface area contributed by atoms with Crippen LogP contribution in [0.4, 0.5) is 5.69 Å². The van der Waals surface area contributed by atoms with E-state index in [1.807, 2.05) is 0 Å². The van der Waals surface area contributed by atoms with Crippen LogP contribution in [0.1, 0.15) is 0 Å². The minimum atomic E-state index is -4.21. The van der Waals surface area contributed by atoms with Gasteiger partial charge in [-0.1, -0.05) is 23.7 Å². The zero-order chi connectivity index (χ0) is 18.8. The van der Waals surface area contributed by atoms with Gasteiger partial charge in [-0.2, -0.15) is 0 Å². The highest BCUT2D eigenvalue weighted by Gasteiger charge is 2.25. The van der Waals surface area contributed by atoms with Gasteiger partial charge in [0.05, 0.1) is 29.8 Å². The fourth-order valence-electron chi connectivity index (χ4n) is 2.12. The summed E-state index contributed by atoms with van der Waals surface area (Å²) in [5, 5.41) is 0.235. The smallest absolute Gasteiger partial charge is 0.263 e. The van der Waals surface area contributed by atoms with Crippen LogP contribution in [0.5, 0.6) is 11.5 Å². The summed E-state index contributed by atoms with van der Waals surface area (Å²) in [7, 11) is -5.22. The van der Waals surface area contributed by atoms with Crippen LogP contribution in [0.25, 0.3) is 0 Å². The molecule has 10 heteroatoms. The van der Waals surface area contributed by atoms with Crippen molar-refractivity contribution in [3.63, 3.8) is 0 Å². The first-order chi connectivity index (χ1) is 11.6. The lowest BCUT2D eigenvalue weighted by Crippen LogP contribution is -2.17. The molecule has 0 atom stereocenters. The topological polar surface area (TPSA) is 98.8 Å². The number of hydrogen-bond acceptors (Lipinski definition) is 6. The molecule has 2 aromatic carbocycles. The molecule has 0 saturated carbocycles. The van der Waals surface area contributed by atoms with E-state index in [0.717, 1.165) is 6.26 Å². The second-order valence-electron chi connectivity index (χ2n) is 5.01. The third-order valence-corrected chi connectivity index (χ3v) is 6.26. The summed E-state index contributed by atoms with van der Waals surface area (Å²) in [4.78, 5) is -0.670. The van der Waals surface area contributed by atoms with Crippen LogP contribution < -0.4 is 14.2 Å². The van der Waals surface area contributed by atoms with Crippen molar-refractivity contribution in [2.45, 2.75) is 9.79 Å². The maximum Gasteiger partial charge on any atom is 0.263 e. The van der Waals surface area contributed by atoms with E-state index < -0.39 is 19.9 Å². The number of hydrogen-bond donors (Lipinski definition) is 1. The second-order valence-corrected chi connectivity index (χ2v) is 9.05. The van der Waals surface area contributed by atoms with E-state index in [9.17, 15) is 16.8 Å². The Kier molecular flexibility index (Phi) is 5.50. The van der Waals surface area contributed by atoms with E-state index in [-0.39, 0.29) is 32.0 Å². The highest BCUT2D eigenvalue weighted by molar-refractivity contribution is 7.95. The fraction of sp³-hybridized carbons (Fsp3) is 0.200. The molecular formula is C15H16ClNO6S2. The quantitative estimate of drug-likeness (QED) is 0.792. The maximum atomic E-state index is 12.7. The van der Waals surface area contributed by atoms with E-state index in [4.69, 9.17) is 21.1 Å². The molecule has 0 fully saturated rings. The Hall–Kier alpha value is -1.97. The van der Waals surface area contributed by atoms with Gasteiger partial charge in [-0.15, -0.1) is 0 Å². The SMILES string of the molecule is COc1cc(NS(=O)(=O)c2ccccc2S(C)(=O)=O)c(OC)cc1Cl. The van der Waals surface area contributed by atoms with E-state index >= 15 is 0 Å². The standard InChI is InChI=1S/C15H16ClNO6S2/c1-22-12-9-11(13(23-2)8-10(12)16)17-25(20,21)15-7-5-4-6-14(15)24(3,18)19/h4-9,17H,1-3H3. The molecule has 0 amide bonds. The molecule has 2 aromatic rings. The molecule has 136 valence electrons. The van der Waals surface area contributed by atoms with Gasteiger partial charge in [0.15, 0.2) is 9.84 Å². The largest absolute Gasteiger partial charge is 0.495 e.